The second kappa shape index (κ2) is 6.01. The van der Waals surface area contributed by atoms with E-state index in [1.54, 1.807) is 39.8 Å². The largest absolute Gasteiger partial charge is 0.481 e. The summed E-state index contributed by atoms with van der Waals surface area (Å²) in [6.45, 7) is 6.85. The summed E-state index contributed by atoms with van der Waals surface area (Å²) in [4.78, 5) is 23.6. The van der Waals surface area contributed by atoms with Crippen molar-refractivity contribution in [3.63, 3.8) is 0 Å². The fourth-order valence-electron chi connectivity index (χ4n) is 1.64. The third-order valence-corrected chi connectivity index (χ3v) is 3.89. The fraction of sp³-hybridized carbons (Fsp3) is 0.538. The van der Waals surface area contributed by atoms with Crippen molar-refractivity contribution >= 4 is 35.0 Å². The number of amides is 1. The first kappa shape index (κ1) is 16.8. The molecule has 5 nitrogen and oxygen atoms in total. The van der Waals surface area contributed by atoms with Crippen molar-refractivity contribution in [1.29, 1.82) is 0 Å². The summed E-state index contributed by atoms with van der Waals surface area (Å²) in [7, 11) is 0. The van der Waals surface area contributed by atoms with Crippen LogP contribution in [0, 0.1) is 0 Å². The number of aliphatic carboxylic acids is 1. The van der Waals surface area contributed by atoms with Gasteiger partial charge in [0.05, 0.1) is 16.3 Å². The molecule has 1 heterocycles. The van der Waals surface area contributed by atoms with Gasteiger partial charge in [-0.3, -0.25) is 4.79 Å². The normalized spacial score (nSPS) is 14.4. The minimum atomic E-state index is -1.06. The van der Waals surface area contributed by atoms with Gasteiger partial charge in [-0.05, 0) is 39.8 Å². The average molecular weight is 320 g/mol. The van der Waals surface area contributed by atoms with Gasteiger partial charge >= 0.3 is 12.1 Å². The van der Waals surface area contributed by atoms with Crippen LogP contribution in [0.5, 0.6) is 0 Å². The van der Waals surface area contributed by atoms with Gasteiger partial charge < -0.3 is 15.2 Å². The zero-order valence-corrected chi connectivity index (χ0v) is 13.4. The molecule has 0 aromatic carbocycles. The molecule has 7 heteroatoms. The van der Waals surface area contributed by atoms with Gasteiger partial charge in [-0.15, -0.1) is 11.3 Å². The number of thiophene rings is 1. The van der Waals surface area contributed by atoms with Gasteiger partial charge in [0.1, 0.15) is 5.60 Å². The molecule has 0 radical (unpaired) electrons. The highest BCUT2D eigenvalue weighted by Crippen LogP contribution is 2.33. The number of alkyl carbamates (subject to hydrolysis) is 1. The lowest BCUT2D eigenvalue weighted by Gasteiger charge is -2.30. The molecule has 0 fully saturated rings. The summed E-state index contributed by atoms with van der Waals surface area (Å²) < 4.78 is 5.70. The van der Waals surface area contributed by atoms with Gasteiger partial charge in [0.25, 0.3) is 0 Å². The van der Waals surface area contributed by atoms with E-state index in [0.29, 0.717) is 9.21 Å². The van der Waals surface area contributed by atoms with Gasteiger partial charge in [-0.2, -0.15) is 0 Å². The number of carbonyl (C=O) groups is 2. The van der Waals surface area contributed by atoms with Crippen LogP contribution in [0.15, 0.2) is 12.1 Å². The third kappa shape index (κ3) is 5.02. The van der Waals surface area contributed by atoms with E-state index in [9.17, 15) is 9.59 Å². The Kier molecular flexibility index (Phi) is 5.05. The minimum Gasteiger partial charge on any atom is -0.481 e. The number of halogens is 1. The topological polar surface area (TPSA) is 75.6 Å². The van der Waals surface area contributed by atoms with Crippen molar-refractivity contribution in [2.75, 3.05) is 0 Å². The molecule has 1 atom stereocenters. The Morgan fingerprint density at radius 3 is 2.35 bits per heavy atom. The van der Waals surface area contributed by atoms with E-state index < -0.39 is 23.2 Å². The monoisotopic (exact) mass is 319 g/mol. The van der Waals surface area contributed by atoms with E-state index in [4.69, 9.17) is 21.4 Å². The minimum absolute atomic E-state index is 0.261. The maximum atomic E-state index is 11.9. The van der Waals surface area contributed by atoms with Crippen molar-refractivity contribution in [3.8, 4) is 0 Å². The molecule has 0 spiro atoms. The highest BCUT2D eigenvalue weighted by atomic mass is 35.5. The Hall–Kier alpha value is -1.27. The number of carboxylic acid groups (broad SMARTS) is 1. The molecular formula is C13H18ClNO4S. The molecule has 0 aliphatic rings. The molecule has 0 bridgehead atoms. The number of hydrogen-bond donors (Lipinski definition) is 2. The average Bonchev–Trinajstić information content (AvgIpc) is 2.60. The van der Waals surface area contributed by atoms with Gasteiger partial charge in [-0.1, -0.05) is 11.6 Å². The van der Waals surface area contributed by atoms with Crippen LogP contribution in [0.25, 0.3) is 0 Å². The molecular weight excluding hydrogens is 302 g/mol. The zero-order chi connectivity index (χ0) is 15.6. The van der Waals surface area contributed by atoms with Crippen molar-refractivity contribution in [3.05, 3.63) is 21.3 Å². The quantitative estimate of drug-likeness (QED) is 0.888. The molecule has 1 unspecified atom stereocenters. The number of nitrogens with one attached hydrogen (secondary N) is 1. The van der Waals surface area contributed by atoms with Crippen LogP contribution in [0.4, 0.5) is 4.79 Å². The van der Waals surface area contributed by atoms with E-state index in [0.717, 1.165) is 0 Å². The Balaban J connectivity index is 2.95. The standard InChI is InChI=1S/C13H18ClNO4S/c1-12(2,3)19-11(18)15-13(4,7-10(16)17)8-5-6-9(14)20-8/h5-6H,7H2,1-4H3,(H,15,18)(H,16,17). The summed E-state index contributed by atoms with van der Waals surface area (Å²) in [6, 6.07) is 3.37. The van der Waals surface area contributed by atoms with Gasteiger partial charge in [0.15, 0.2) is 0 Å². The summed E-state index contributed by atoms with van der Waals surface area (Å²) in [5, 5.41) is 11.7. The molecule has 20 heavy (non-hydrogen) atoms. The highest BCUT2D eigenvalue weighted by molar-refractivity contribution is 7.16. The SMILES string of the molecule is CC(C)(C)OC(=O)NC(C)(CC(=O)O)c1ccc(Cl)s1. The summed E-state index contributed by atoms with van der Waals surface area (Å²) >= 11 is 7.10. The Morgan fingerprint density at radius 1 is 1.35 bits per heavy atom. The van der Waals surface area contributed by atoms with Crippen LogP contribution in [-0.2, 0) is 15.1 Å². The van der Waals surface area contributed by atoms with Crippen LogP contribution in [0.1, 0.15) is 39.0 Å². The van der Waals surface area contributed by atoms with Crippen molar-refractivity contribution in [1.82, 2.24) is 5.32 Å². The molecule has 112 valence electrons. The van der Waals surface area contributed by atoms with Crippen LogP contribution in [0.3, 0.4) is 0 Å². The summed E-state index contributed by atoms with van der Waals surface area (Å²) in [5.41, 5.74) is -1.71. The van der Waals surface area contributed by atoms with Crippen LogP contribution in [0.2, 0.25) is 4.34 Å². The number of carbonyl (C=O) groups excluding carboxylic acids is 1. The lowest BCUT2D eigenvalue weighted by molar-refractivity contribution is -0.138. The molecule has 0 aliphatic carbocycles. The third-order valence-electron chi connectivity index (χ3n) is 2.40. The number of hydrogen-bond acceptors (Lipinski definition) is 4. The predicted octanol–water partition coefficient (Wildman–Crippen LogP) is 3.62. The lowest BCUT2D eigenvalue weighted by Crippen LogP contribution is -2.46. The lowest BCUT2D eigenvalue weighted by atomic mass is 9.96. The number of rotatable bonds is 4. The number of ether oxygens (including phenoxy) is 1. The Bertz CT molecular complexity index is 509. The van der Waals surface area contributed by atoms with Crippen LogP contribution < -0.4 is 5.32 Å². The molecule has 0 saturated carbocycles. The van der Waals surface area contributed by atoms with Gasteiger partial charge in [-0.25, -0.2) is 4.79 Å². The van der Waals surface area contributed by atoms with E-state index in [-0.39, 0.29) is 6.42 Å². The second-order valence-electron chi connectivity index (χ2n) is 5.63. The van der Waals surface area contributed by atoms with Crippen LogP contribution in [-0.4, -0.2) is 22.8 Å². The Morgan fingerprint density at radius 2 is 1.95 bits per heavy atom. The number of carboxylic acids is 1. The first-order valence-electron chi connectivity index (χ1n) is 6.01. The molecule has 1 aromatic heterocycles. The molecule has 1 aromatic rings. The van der Waals surface area contributed by atoms with Crippen LogP contribution >= 0.6 is 22.9 Å². The van der Waals surface area contributed by atoms with Crippen molar-refractivity contribution < 1.29 is 19.4 Å². The molecule has 1 rings (SSSR count). The summed E-state index contributed by atoms with van der Waals surface area (Å²) in [5.74, 6) is -1.02. The van der Waals surface area contributed by atoms with E-state index >= 15 is 0 Å². The molecule has 1 amide bonds. The van der Waals surface area contributed by atoms with Crippen molar-refractivity contribution in [2.24, 2.45) is 0 Å². The first-order valence-corrected chi connectivity index (χ1v) is 7.20. The second-order valence-corrected chi connectivity index (χ2v) is 7.35. The predicted molar refractivity (Wildman–Crippen MR) is 78.3 cm³/mol. The van der Waals surface area contributed by atoms with Crippen molar-refractivity contribution in [2.45, 2.75) is 45.3 Å². The first-order chi connectivity index (χ1) is 9.02. The maximum absolute atomic E-state index is 11.9. The highest BCUT2D eigenvalue weighted by Gasteiger charge is 2.34. The molecule has 2 N–H and O–H groups in total. The zero-order valence-electron chi connectivity index (χ0n) is 11.8. The van der Waals surface area contributed by atoms with Gasteiger partial charge in [0.2, 0.25) is 0 Å². The maximum Gasteiger partial charge on any atom is 0.408 e. The van der Waals surface area contributed by atoms with Gasteiger partial charge in [0, 0.05) is 4.88 Å². The molecule has 0 saturated heterocycles. The Labute approximate surface area is 126 Å². The smallest absolute Gasteiger partial charge is 0.408 e. The van der Waals surface area contributed by atoms with E-state index in [2.05, 4.69) is 5.32 Å². The van der Waals surface area contributed by atoms with E-state index in [1.807, 2.05) is 0 Å². The fourth-order valence-corrected chi connectivity index (χ4v) is 2.78. The van der Waals surface area contributed by atoms with E-state index in [1.165, 1.54) is 11.3 Å². The molecule has 0 aliphatic heterocycles. The summed E-state index contributed by atoms with van der Waals surface area (Å²) in [6.07, 6.45) is -0.922.